The van der Waals surface area contributed by atoms with Crippen LogP contribution in [0.5, 0.6) is 0 Å². The fourth-order valence-electron chi connectivity index (χ4n) is 3.81. The van der Waals surface area contributed by atoms with Crippen molar-refractivity contribution in [3.63, 3.8) is 0 Å². The van der Waals surface area contributed by atoms with E-state index in [2.05, 4.69) is 34.4 Å². The van der Waals surface area contributed by atoms with Crippen LogP contribution < -0.4 is 5.32 Å². The van der Waals surface area contributed by atoms with Gasteiger partial charge in [0.1, 0.15) is 0 Å². The number of carbonyl (C=O) groups is 1. The Balaban J connectivity index is 1.75. The number of hydrogen-bond acceptors (Lipinski definition) is 5. The van der Waals surface area contributed by atoms with Gasteiger partial charge in [0.05, 0.1) is 41.1 Å². The molecule has 8 heteroatoms. The minimum atomic E-state index is -0.116. The Kier molecular flexibility index (Phi) is 6.39. The molecule has 0 aliphatic carbocycles. The topological polar surface area (TPSA) is 75.4 Å². The van der Waals surface area contributed by atoms with Crippen molar-refractivity contribution in [2.24, 2.45) is 10.9 Å². The molecule has 0 unspecified atom stereocenters. The number of hydrogen-bond donors (Lipinski definition) is 1. The van der Waals surface area contributed by atoms with Gasteiger partial charge >= 0.3 is 0 Å². The summed E-state index contributed by atoms with van der Waals surface area (Å²) in [6, 6.07) is 11.7. The molecule has 1 aromatic heterocycles. The summed E-state index contributed by atoms with van der Waals surface area (Å²) in [4.78, 5) is 19.6. The van der Waals surface area contributed by atoms with E-state index in [0.717, 1.165) is 34.6 Å². The standard InChI is InChI=1S/C24H27ClN6O/c1-15(2)8-17-10-22-23(11-20(17)25)28-24(32)12-21(27-22)16-6-5-7-18(9-16)31-19(13-26-29-31)14-30(3)4/h5-7,9-11,13,15H,8,12,14H2,1-4H3,(H,28,32). The van der Waals surface area contributed by atoms with Crippen LogP contribution in [0, 0.1) is 5.92 Å². The van der Waals surface area contributed by atoms with E-state index < -0.39 is 0 Å². The maximum absolute atomic E-state index is 12.6. The lowest BCUT2D eigenvalue weighted by Crippen LogP contribution is -2.16. The first-order valence-electron chi connectivity index (χ1n) is 10.6. The molecule has 0 saturated carbocycles. The molecular formula is C24H27ClN6O. The third-order valence-corrected chi connectivity index (χ3v) is 5.52. The Labute approximate surface area is 193 Å². The molecule has 2 aromatic carbocycles. The van der Waals surface area contributed by atoms with Crippen molar-refractivity contribution in [2.75, 3.05) is 19.4 Å². The first-order valence-corrected chi connectivity index (χ1v) is 11.0. The molecule has 1 N–H and O–H groups in total. The van der Waals surface area contributed by atoms with Gasteiger partial charge in [0.15, 0.2) is 0 Å². The summed E-state index contributed by atoms with van der Waals surface area (Å²) in [5.74, 6) is 0.347. The number of nitrogens with zero attached hydrogens (tertiary/aromatic N) is 5. The summed E-state index contributed by atoms with van der Waals surface area (Å²) in [5, 5.41) is 11.9. The second kappa shape index (κ2) is 9.22. The quantitative estimate of drug-likeness (QED) is 0.593. The zero-order valence-electron chi connectivity index (χ0n) is 18.8. The number of aliphatic imine (C=N–C) groups is 1. The summed E-state index contributed by atoms with van der Waals surface area (Å²) >= 11 is 6.47. The van der Waals surface area contributed by atoms with Crippen LogP contribution in [0.15, 0.2) is 47.6 Å². The van der Waals surface area contributed by atoms with E-state index in [1.807, 2.05) is 49.1 Å². The van der Waals surface area contributed by atoms with Crippen molar-refractivity contribution in [3.8, 4) is 5.69 Å². The van der Waals surface area contributed by atoms with E-state index in [1.165, 1.54) is 0 Å². The predicted molar refractivity (Wildman–Crippen MR) is 128 cm³/mol. The molecule has 0 fully saturated rings. The Morgan fingerprint density at radius 2 is 2.03 bits per heavy atom. The Bertz CT molecular complexity index is 1180. The van der Waals surface area contributed by atoms with E-state index in [0.29, 0.717) is 28.9 Å². The Morgan fingerprint density at radius 3 is 2.78 bits per heavy atom. The van der Waals surface area contributed by atoms with Crippen LogP contribution in [0.2, 0.25) is 5.02 Å². The second-order valence-corrected chi connectivity index (χ2v) is 9.17. The average molecular weight is 451 g/mol. The highest BCUT2D eigenvalue weighted by atomic mass is 35.5. The molecule has 3 aromatic rings. The number of aromatic nitrogens is 3. The minimum Gasteiger partial charge on any atom is -0.324 e. The van der Waals surface area contributed by atoms with Gasteiger partial charge in [0.2, 0.25) is 5.91 Å². The highest BCUT2D eigenvalue weighted by Gasteiger charge is 2.20. The second-order valence-electron chi connectivity index (χ2n) is 8.77. The monoisotopic (exact) mass is 450 g/mol. The van der Waals surface area contributed by atoms with E-state index in [1.54, 1.807) is 12.3 Å². The number of nitrogens with one attached hydrogen (secondary N) is 1. The Morgan fingerprint density at radius 1 is 1.22 bits per heavy atom. The van der Waals surface area contributed by atoms with Gasteiger partial charge in [-0.25, -0.2) is 4.68 Å². The fourth-order valence-corrected chi connectivity index (χ4v) is 4.06. The lowest BCUT2D eigenvalue weighted by molar-refractivity contribution is -0.115. The molecule has 4 rings (SSSR count). The number of rotatable bonds is 6. The molecule has 1 amide bonds. The molecule has 0 spiro atoms. The zero-order valence-corrected chi connectivity index (χ0v) is 19.5. The third-order valence-electron chi connectivity index (χ3n) is 5.17. The minimum absolute atomic E-state index is 0.116. The van der Waals surface area contributed by atoms with Crippen LogP contribution in [0.1, 0.15) is 37.1 Å². The van der Waals surface area contributed by atoms with Crippen molar-refractivity contribution >= 4 is 34.6 Å². The molecular weight excluding hydrogens is 424 g/mol. The molecule has 7 nitrogen and oxygen atoms in total. The summed E-state index contributed by atoms with van der Waals surface area (Å²) in [6.07, 6.45) is 2.79. The Hall–Kier alpha value is -3.03. The molecule has 0 bridgehead atoms. The summed E-state index contributed by atoms with van der Waals surface area (Å²) in [6.45, 7) is 5.02. The maximum Gasteiger partial charge on any atom is 0.230 e. The van der Waals surface area contributed by atoms with Crippen molar-refractivity contribution < 1.29 is 4.79 Å². The van der Waals surface area contributed by atoms with E-state index in [4.69, 9.17) is 16.6 Å². The molecule has 0 radical (unpaired) electrons. The van der Waals surface area contributed by atoms with Gasteiger partial charge in [0.25, 0.3) is 0 Å². The lowest BCUT2D eigenvalue weighted by Gasteiger charge is -2.12. The summed E-state index contributed by atoms with van der Waals surface area (Å²) in [5.41, 5.74) is 5.83. The van der Waals surface area contributed by atoms with E-state index in [9.17, 15) is 4.79 Å². The molecule has 1 aliphatic heterocycles. The number of fused-ring (bicyclic) bond motifs is 1. The molecule has 2 heterocycles. The predicted octanol–water partition coefficient (Wildman–Crippen LogP) is 4.64. The highest BCUT2D eigenvalue weighted by molar-refractivity contribution is 6.32. The van der Waals surface area contributed by atoms with Crippen LogP contribution in [-0.2, 0) is 17.8 Å². The molecule has 166 valence electrons. The van der Waals surface area contributed by atoms with Gasteiger partial charge in [-0.3, -0.25) is 9.79 Å². The zero-order chi connectivity index (χ0) is 22.8. The number of amides is 1. The van der Waals surface area contributed by atoms with Crippen LogP contribution >= 0.6 is 11.6 Å². The number of carbonyl (C=O) groups excluding carboxylic acids is 1. The first kappa shape index (κ1) is 22.2. The fraction of sp³-hybridized carbons (Fsp3) is 0.333. The number of benzene rings is 2. The van der Waals surface area contributed by atoms with Crippen molar-refractivity contribution in [1.82, 2.24) is 19.9 Å². The number of halogens is 1. The van der Waals surface area contributed by atoms with E-state index >= 15 is 0 Å². The summed E-state index contributed by atoms with van der Waals surface area (Å²) in [7, 11) is 4.01. The normalized spacial score (nSPS) is 13.7. The van der Waals surface area contributed by atoms with Crippen molar-refractivity contribution in [2.45, 2.75) is 33.2 Å². The SMILES string of the molecule is CC(C)Cc1cc2c(cc1Cl)NC(=O)CC(c1cccc(-n3nncc3CN(C)C)c1)=N2. The third kappa shape index (κ3) is 4.89. The lowest BCUT2D eigenvalue weighted by atomic mass is 10.0. The largest absolute Gasteiger partial charge is 0.324 e. The van der Waals surface area contributed by atoms with Crippen LogP contribution in [0.3, 0.4) is 0 Å². The smallest absolute Gasteiger partial charge is 0.230 e. The van der Waals surface area contributed by atoms with Gasteiger partial charge in [-0.2, -0.15) is 0 Å². The van der Waals surface area contributed by atoms with Gasteiger partial charge in [-0.15, -0.1) is 5.10 Å². The van der Waals surface area contributed by atoms with Crippen LogP contribution in [-0.4, -0.2) is 45.6 Å². The molecule has 0 saturated heterocycles. The molecule has 1 aliphatic rings. The summed E-state index contributed by atoms with van der Waals surface area (Å²) < 4.78 is 1.81. The average Bonchev–Trinajstić information content (AvgIpc) is 3.11. The maximum atomic E-state index is 12.6. The van der Waals surface area contributed by atoms with E-state index in [-0.39, 0.29) is 12.3 Å². The van der Waals surface area contributed by atoms with Crippen molar-refractivity contribution in [1.29, 1.82) is 0 Å². The number of anilines is 1. The molecule has 0 atom stereocenters. The van der Waals surface area contributed by atoms with Crippen molar-refractivity contribution in [3.05, 3.63) is 64.4 Å². The van der Waals surface area contributed by atoms with Gasteiger partial charge < -0.3 is 10.2 Å². The first-order chi connectivity index (χ1) is 15.3. The van der Waals surface area contributed by atoms with Crippen LogP contribution in [0.4, 0.5) is 11.4 Å². The van der Waals surface area contributed by atoms with Gasteiger partial charge in [-0.05, 0) is 61.8 Å². The molecule has 32 heavy (non-hydrogen) atoms. The van der Waals surface area contributed by atoms with Gasteiger partial charge in [0, 0.05) is 11.6 Å². The van der Waals surface area contributed by atoms with Gasteiger partial charge in [-0.1, -0.05) is 42.8 Å². The highest BCUT2D eigenvalue weighted by Crippen LogP contribution is 2.35. The van der Waals surface area contributed by atoms with Crippen LogP contribution in [0.25, 0.3) is 5.69 Å².